The molecule has 21 heavy (non-hydrogen) atoms. The minimum Gasteiger partial charge on any atom is -0.353 e. The normalized spacial score (nSPS) is 15.2. The Morgan fingerprint density at radius 2 is 2.00 bits per heavy atom. The zero-order valence-electron chi connectivity index (χ0n) is 12.1. The third kappa shape index (κ3) is 3.91. The highest BCUT2D eigenvalue weighted by atomic mass is 31.2. The van der Waals surface area contributed by atoms with Crippen molar-refractivity contribution in [2.45, 2.75) is 19.6 Å². The third-order valence-electron chi connectivity index (χ3n) is 3.07. The molecule has 5 nitrogen and oxygen atoms in total. The number of anilines is 1. The van der Waals surface area contributed by atoms with Crippen LogP contribution in [0.25, 0.3) is 0 Å². The van der Waals surface area contributed by atoms with Gasteiger partial charge in [0, 0.05) is 6.20 Å². The van der Waals surface area contributed by atoms with Crippen molar-refractivity contribution in [2.75, 3.05) is 11.9 Å². The maximum Gasteiger partial charge on any atom is 0.354 e. The van der Waals surface area contributed by atoms with E-state index in [1.807, 2.05) is 37.3 Å². The SMILES string of the molecule is CCOP(=O)(O)C(Nc1ccccn1)c1ccccc1C. The molecule has 0 bridgehead atoms. The summed E-state index contributed by atoms with van der Waals surface area (Å²) in [6.45, 7) is 3.76. The summed E-state index contributed by atoms with van der Waals surface area (Å²) in [4.78, 5) is 14.4. The predicted octanol–water partition coefficient (Wildman–Crippen LogP) is 3.72. The zero-order valence-corrected chi connectivity index (χ0v) is 13.0. The standard InChI is InChI=1S/C15H19N2O3P/c1-3-20-21(18,19)15(13-9-5-4-8-12(13)2)17-14-10-6-7-11-16-14/h4-11,15H,3H2,1-2H3,(H,16,17)(H,18,19). The van der Waals surface area contributed by atoms with E-state index >= 15 is 0 Å². The fourth-order valence-corrected chi connectivity index (χ4v) is 3.53. The average Bonchev–Trinajstić information content (AvgIpc) is 2.47. The van der Waals surface area contributed by atoms with Gasteiger partial charge in [-0.15, -0.1) is 0 Å². The van der Waals surface area contributed by atoms with Crippen LogP contribution in [0.4, 0.5) is 5.82 Å². The molecule has 0 spiro atoms. The fraction of sp³-hybridized carbons (Fsp3) is 0.267. The number of aryl methyl sites for hydroxylation is 1. The topological polar surface area (TPSA) is 71.5 Å². The van der Waals surface area contributed by atoms with Crippen molar-refractivity contribution < 1.29 is 14.0 Å². The Labute approximate surface area is 124 Å². The first kappa shape index (κ1) is 15.7. The van der Waals surface area contributed by atoms with E-state index in [9.17, 15) is 9.46 Å². The van der Waals surface area contributed by atoms with Gasteiger partial charge in [0.25, 0.3) is 0 Å². The van der Waals surface area contributed by atoms with Crippen LogP contribution in [0.5, 0.6) is 0 Å². The lowest BCUT2D eigenvalue weighted by Crippen LogP contribution is -2.15. The molecule has 112 valence electrons. The van der Waals surface area contributed by atoms with Gasteiger partial charge in [0.1, 0.15) is 5.82 Å². The summed E-state index contributed by atoms with van der Waals surface area (Å²) in [6.07, 6.45) is 1.63. The van der Waals surface area contributed by atoms with E-state index in [0.717, 1.165) is 11.1 Å². The molecule has 6 heteroatoms. The summed E-state index contributed by atoms with van der Waals surface area (Å²) in [6, 6.07) is 12.8. The second-order valence-electron chi connectivity index (χ2n) is 4.60. The number of hydrogen-bond donors (Lipinski definition) is 2. The van der Waals surface area contributed by atoms with Gasteiger partial charge in [-0.25, -0.2) is 4.98 Å². The Morgan fingerprint density at radius 1 is 1.29 bits per heavy atom. The second kappa shape index (κ2) is 6.85. The van der Waals surface area contributed by atoms with Gasteiger partial charge in [-0.1, -0.05) is 30.3 Å². The molecule has 1 aromatic heterocycles. The predicted molar refractivity (Wildman–Crippen MR) is 83.2 cm³/mol. The van der Waals surface area contributed by atoms with Gasteiger partial charge in [0.15, 0.2) is 5.78 Å². The summed E-state index contributed by atoms with van der Waals surface area (Å²) >= 11 is 0. The van der Waals surface area contributed by atoms with Gasteiger partial charge in [0.2, 0.25) is 0 Å². The molecule has 0 fully saturated rings. The van der Waals surface area contributed by atoms with Gasteiger partial charge < -0.3 is 14.7 Å². The van der Waals surface area contributed by atoms with Crippen LogP contribution >= 0.6 is 7.60 Å². The van der Waals surface area contributed by atoms with Crippen LogP contribution in [0.1, 0.15) is 23.8 Å². The molecule has 0 aliphatic carbocycles. The fourth-order valence-electron chi connectivity index (χ4n) is 2.08. The smallest absolute Gasteiger partial charge is 0.353 e. The van der Waals surface area contributed by atoms with E-state index in [4.69, 9.17) is 4.52 Å². The van der Waals surface area contributed by atoms with Crippen LogP contribution in [-0.2, 0) is 9.09 Å². The molecule has 2 aromatic rings. The Balaban J connectivity index is 2.40. The van der Waals surface area contributed by atoms with E-state index in [2.05, 4.69) is 10.3 Å². The van der Waals surface area contributed by atoms with Crippen molar-refractivity contribution in [3.05, 3.63) is 59.8 Å². The lowest BCUT2D eigenvalue weighted by molar-refractivity contribution is 0.267. The highest BCUT2D eigenvalue weighted by Gasteiger charge is 2.34. The van der Waals surface area contributed by atoms with Crippen molar-refractivity contribution in [1.82, 2.24) is 4.98 Å². The molecule has 0 saturated heterocycles. The molecule has 1 heterocycles. The lowest BCUT2D eigenvalue weighted by atomic mass is 10.1. The van der Waals surface area contributed by atoms with Gasteiger partial charge in [-0.05, 0) is 37.1 Å². The number of hydrogen-bond acceptors (Lipinski definition) is 4. The summed E-state index contributed by atoms with van der Waals surface area (Å²) in [5.41, 5.74) is 1.64. The molecule has 0 radical (unpaired) electrons. The molecule has 0 saturated carbocycles. The molecule has 2 rings (SSSR count). The van der Waals surface area contributed by atoms with E-state index in [-0.39, 0.29) is 6.61 Å². The number of nitrogens with one attached hydrogen (secondary N) is 1. The van der Waals surface area contributed by atoms with Crippen LogP contribution in [0.2, 0.25) is 0 Å². The first-order valence-electron chi connectivity index (χ1n) is 6.74. The first-order valence-corrected chi connectivity index (χ1v) is 8.39. The van der Waals surface area contributed by atoms with Crippen molar-refractivity contribution >= 4 is 13.4 Å². The molecule has 0 aliphatic heterocycles. The van der Waals surface area contributed by atoms with Crippen LogP contribution in [0.3, 0.4) is 0 Å². The van der Waals surface area contributed by atoms with Crippen molar-refractivity contribution in [3.8, 4) is 0 Å². The molecule has 0 aliphatic rings. The largest absolute Gasteiger partial charge is 0.354 e. The lowest BCUT2D eigenvalue weighted by Gasteiger charge is -2.25. The number of nitrogens with zero attached hydrogens (tertiary/aromatic N) is 1. The van der Waals surface area contributed by atoms with E-state index in [1.165, 1.54) is 0 Å². The maximum absolute atomic E-state index is 12.5. The maximum atomic E-state index is 12.5. The van der Waals surface area contributed by atoms with Gasteiger partial charge in [-0.3, -0.25) is 4.57 Å². The highest BCUT2D eigenvalue weighted by molar-refractivity contribution is 7.53. The van der Waals surface area contributed by atoms with Crippen LogP contribution < -0.4 is 5.32 Å². The number of benzene rings is 1. The quantitative estimate of drug-likeness (QED) is 0.796. The Morgan fingerprint density at radius 3 is 2.62 bits per heavy atom. The van der Waals surface area contributed by atoms with Crippen LogP contribution in [-0.4, -0.2) is 16.5 Å². The van der Waals surface area contributed by atoms with E-state index in [1.54, 1.807) is 25.3 Å². The van der Waals surface area contributed by atoms with Crippen molar-refractivity contribution in [3.63, 3.8) is 0 Å². The first-order chi connectivity index (χ1) is 10.0. The molecule has 2 unspecified atom stereocenters. The van der Waals surface area contributed by atoms with E-state index < -0.39 is 13.4 Å². The van der Waals surface area contributed by atoms with E-state index in [0.29, 0.717) is 5.82 Å². The number of rotatable bonds is 6. The highest BCUT2D eigenvalue weighted by Crippen LogP contribution is 2.56. The number of pyridine rings is 1. The Bertz CT molecular complexity index is 634. The molecule has 2 N–H and O–H groups in total. The van der Waals surface area contributed by atoms with Crippen molar-refractivity contribution in [1.29, 1.82) is 0 Å². The molecule has 0 amide bonds. The number of aromatic nitrogens is 1. The average molecular weight is 306 g/mol. The monoisotopic (exact) mass is 306 g/mol. The summed E-state index contributed by atoms with van der Waals surface area (Å²) in [7, 11) is -3.87. The molecular formula is C15H19N2O3P. The second-order valence-corrected chi connectivity index (χ2v) is 6.50. The molecule has 1 aromatic carbocycles. The van der Waals surface area contributed by atoms with Gasteiger partial charge in [-0.2, -0.15) is 0 Å². The van der Waals surface area contributed by atoms with Crippen LogP contribution in [0, 0.1) is 6.92 Å². The summed E-state index contributed by atoms with van der Waals surface area (Å²) in [5, 5.41) is 3.01. The van der Waals surface area contributed by atoms with Gasteiger partial charge in [0.05, 0.1) is 6.61 Å². The third-order valence-corrected chi connectivity index (χ3v) is 4.76. The van der Waals surface area contributed by atoms with Gasteiger partial charge >= 0.3 is 7.60 Å². The molecular weight excluding hydrogens is 287 g/mol. The summed E-state index contributed by atoms with van der Waals surface area (Å²) in [5.74, 6) is -0.326. The summed E-state index contributed by atoms with van der Waals surface area (Å²) < 4.78 is 17.6. The molecule has 2 atom stereocenters. The minimum absolute atomic E-state index is 0.167. The van der Waals surface area contributed by atoms with Crippen LogP contribution in [0.15, 0.2) is 48.7 Å². The minimum atomic E-state index is -3.87. The zero-order chi connectivity index (χ0) is 15.3. The Kier molecular flexibility index (Phi) is 5.12. The van der Waals surface area contributed by atoms with Crippen molar-refractivity contribution in [2.24, 2.45) is 0 Å². The Hall–Kier alpha value is -1.68.